The zero-order chi connectivity index (χ0) is 66.3. The minimum atomic E-state index is -1.62. The van der Waals surface area contributed by atoms with Crippen LogP contribution in [0.2, 0.25) is 0 Å². The van der Waals surface area contributed by atoms with Gasteiger partial charge < -0.3 is 75.5 Å². The highest BCUT2D eigenvalue weighted by Gasteiger charge is 2.41. The smallest absolute Gasteiger partial charge is 0.326 e. The van der Waals surface area contributed by atoms with Gasteiger partial charge in [0.2, 0.25) is 59.1 Å². The second kappa shape index (κ2) is 39.2. The zero-order valence-electron chi connectivity index (χ0n) is 52.4. The van der Waals surface area contributed by atoms with Crippen molar-refractivity contribution in [2.24, 2.45) is 34.8 Å². The number of rotatable bonds is 40. The molecule has 26 heteroatoms. The SMILES string of the molecule is CSCC[C@H](NC(=O)[C@H](CC(C)C)NC(=O)[C@H](Cc1ccccc1)NC(=O)[C@@H](NC(=O)[C@H](Cc1ccccc1)NC(=O)[C@@H]1CCCN1C(=O)[C@H](CCCCN)NC(=O)[C@H](CC(N)=O)NC(=O)[C@H](Cc1ccccc1)NC(=O)[C@@H](N)CCCCN)C(C)C)C(=O)O. The predicted molar refractivity (Wildman–Crippen MR) is 343 cm³/mol. The van der Waals surface area contributed by atoms with Crippen LogP contribution in [0.4, 0.5) is 0 Å². The normalized spacial score (nSPS) is 15.9. The first-order chi connectivity index (χ1) is 43.0. The van der Waals surface area contributed by atoms with Gasteiger partial charge in [-0.2, -0.15) is 11.8 Å². The second-order valence-corrected chi connectivity index (χ2v) is 24.5. The summed E-state index contributed by atoms with van der Waals surface area (Å²) in [6.45, 7) is 7.77. The Bertz CT molecular complexity index is 2820. The molecule has 1 aliphatic heterocycles. The number of hydrogen-bond donors (Lipinski definition) is 13. The third kappa shape index (κ3) is 25.5. The Morgan fingerprint density at radius 3 is 1.44 bits per heavy atom. The van der Waals surface area contributed by atoms with Gasteiger partial charge in [-0.05, 0) is 111 Å². The Hall–Kier alpha value is -7.94. The zero-order valence-corrected chi connectivity index (χ0v) is 53.2. The van der Waals surface area contributed by atoms with Crippen LogP contribution in [0.15, 0.2) is 91.0 Å². The number of carboxylic acid groups (broad SMARTS) is 1. The van der Waals surface area contributed by atoms with Crippen molar-refractivity contribution in [3.05, 3.63) is 108 Å². The molecule has 494 valence electrons. The lowest BCUT2D eigenvalue weighted by atomic mass is 9.98. The van der Waals surface area contributed by atoms with Crippen molar-refractivity contribution in [1.82, 2.24) is 47.4 Å². The highest BCUT2D eigenvalue weighted by Crippen LogP contribution is 2.22. The Balaban J connectivity index is 1.59. The number of likely N-dealkylation sites (tertiary alicyclic amines) is 1. The average Bonchev–Trinajstić information content (AvgIpc) is 3.31. The van der Waals surface area contributed by atoms with Crippen molar-refractivity contribution in [2.45, 2.75) is 178 Å². The van der Waals surface area contributed by atoms with Gasteiger partial charge >= 0.3 is 5.97 Å². The number of carbonyl (C=O) groups is 11. The summed E-state index contributed by atoms with van der Waals surface area (Å²) in [5.41, 5.74) is 25.2. The van der Waals surface area contributed by atoms with E-state index in [0.717, 1.165) is 0 Å². The van der Waals surface area contributed by atoms with Crippen LogP contribution >= 0.6 is 11.8 Å². The summed E-state index contributed by atoms with van der Waals surface area (Å²) in [5, 5.41) is 31.6. The van der Waals surface area contributed by atoms with Crippen LogP contribution in [0.3, 0.4) is 0 Å². The number of amides is 10. The van der Waals surface area contributed by atoms with E-state index >= 15 is 0 Å². The van der Waals surface area contributed by atoms with Gasteiger partial charge in [-0.15, -0.1) is 0 Å². The summed E-state index contributed by atoms with van der Waals surface area (Å²) >= 11 is 1.42. The van der Waals surface area contributed by atoms with E-state index in [1.807, 2.05) is 20.1 Å². The van der Waals surface area contributed by atoms with Crippen molar-refractivity contribution in [2.75, 3.05) is 31.6 Å². The number of hydrogen-bond acceptors (Lipinski definition) is 15. The summed E-state index contributed by atoms with van der Waals surface area (Å²) in [7, 11) is 0. The molecule has 0 aliphatic carbocycles. The van der Waals surface area contributed by atoms with Crippen LogP contribution < -0.4 is 65.5 Å². The molecule has 4 rings (SSSR count). The van der Waals surface area contributed by atoms with Gasteiger partial charge in [0.15, 0.2) is 0 Å². The van der Waals surface area contributed by atoms with Gasteiger partial charge in [-0.3, -0.25) is 47.9 Å². The van der Waals surface area contributed by atoms with E-state index in [0.29, 0.717) is 67.5 Å². The summed E-state index contributed by atoms with van der Waals surface area (Å²) in [6, 6.07) is 13.7. The number of unbranched alkanes of at least 4 members (excludes halogenated alkanes) is 2. The summed E-state index contributed by atoms with van der Waals surface area (Å²) in [6.07, 6.45) is 4.12. The second-order valence-electron chi connectivity index (χ2n) is 23.5. The Labute approximate surface area is 532 Å². The monoisotopic (exact) mass is 1270 g/mol. The average molecular weight is 1270 g/mol. The number of carbonyl (C=O) groups excluding carboxylic acids is 10. The molecule has 0 saturated carbocycles. The van der Waals surface area contributed by atoms with E-state index in [1.54, 1.807) is 105 Å². The molecule has 25 nitrogen and oxygen atoms in total. The van der Waals surface area contributed by atoms with Crippen molar-refractivity contribution in [3.63, 3.8) is 0 Å². The highest BCUT2D eigenvalue weighted by atomic mass is 32.2. The van der Waals surface area contributed by atoms with Gasteiger partial charge in [-0.1, -0.05) is 125 Å². The molecule has 0 bridgehead atoms. The molecule has 10 atom stereocenters. The first kappa shape index (κ1) is 74.5. The number of nitrogens with two attached hydrogens (primary N) is 4. The molecule has 1 saturated heterocycles. The van der Waals surface area contributed by atoms with E-state index < -0.39 is 138 Å². The number of aliphatic carboxylic acids is 1. The maximum Gasteiger partial charge on any atom is 0.326 e. The first-order valence-corrected chi connectivity index (χ1v) is 32.4. The van der Waals surface area contributed by atoms with E-state index in [2.05, 4.69) is 42.5 Å². The highest BCUT2D eigenvalue weighted by molar-refractivity contribution is 7.98. The van der Waals surface area contributed by atoms with Gasteiger partial charge in [0.1, 0.15) is 54.4 Å². The van der Waals surface area contributed by atoms with Crippen LogP contribution in [-0.2, 0) is 72.0 Å². The predicted octanol–water partition coefficient (Wildman–Crippen LogP) is 0.584. The molecule has 10 amide bonds. The fourth-order valence-electron chi connectivity index (χ4n) is 10.4. The number of nitrogens with one attached hydrogen (secondary N) is 8. The summed E-state index contributed by atoms with van der Waals surface area (Å²) in [4.78, 5) is 155. The summed E-state index contributed by atoms with van der Waals surface area (Å²) in [5.74, 6) is -9.18. The Morgan fingerprint density at radius 1 is 0.533 bits per heavy atom. The van der Waals surface area contributed by atoms with E-state index in [-0.39, 0.29) is 64.0 Å². The molecule has 3 aromatic carbocycles. The standard InChI is InChI=1S/C64H95N13O12S/c1-39(2)34-47(56(80)70-46(64(88)89)29-33-90-5)72-58(82)49(36-42-22-11-7-12-23-42)75-62(86)54(40(3)4)76-60(84)50(37-43-24-13-8-14-25-43)74-61(85)52-28-19-32-77(52)63(87)45(27-16-18-31-66)69-59(83)51(38-53(68)78)73-57(81)48(35-41-20-9-6-10-21-41)71-55(79)44(67)26-15-17-30-65/h6-14,20-25,39-40,44-52,54H,15-19,26-38,65-67H2,1-5H3,(H2,68,78)(H,69,83)(H,70,80)(H,71,79)(H,72,82)(H,73,81)(H,74,85)(H,75,86)(H,76,84)(H,88,89)/t44-,45-,46-,47-,48-,49-,50-,51-,52-,54-/m0/s1. The lowest BCUT2D eigenvalue weighted by Gasteiger charge is -2.31. The Morgan fingerprint density at radius 2 is 0.967 bits per heavy atom. The minimum absolute atomic E-state index is 0.0167. The number of primary amides is 1. The van der Waals surface area contributed by atoms with Crippen LogP contribution in [0.5, 0.6) is 0 Å². The van der Waals surface area contributed by atoms with E-state index in [1.165, 1.54) is 16.7 Å². The summed E-state index contributed by atoms with van der Waals surface area (Å²) < 4.78 is 0. The third-order valence-corrected chi connectivity index (χ3v) is 15.9. The van der Waals surface area contributed by atoms with Crippen molar-refractivity contribution < 1.29 is 57.8 Å². The van der Waals surface area contributed by atoms with Gasteiger partial charge in [0.25, 0.3) is 0 Å². The van der Waals surface area contributed by atoms with E-state index in [9.17, 15) is 57.8 Å². The lowest BCUT2D eigenvalue weighted by molar-refractivity contribution is -0.143. The minimum Gasteiger partial charge on any atom is -0.480 e. The first-order valence-electron chi connectivity index (χ1n) is 31.0. The van der Waals surface area contributed by atoms with Gasteiger partial charge in [-0.25, -0.2) is 4.79 Å². The van der Waals surface area contributed by atoms with Crippen LogP contribution in [-0.4, -0.2) is 167 Å². The van der Waals surface area contributed by atoms with Crippen molar-refractivity contribution >= 4 is 76.8 Å². The third-order valence-electron chi connectivity index (χ3n) is 15.3. The fraction of sp³-hybridized carbons (Fsp3) is 0.547. The maximum absolute atomic E-state index is 14.8. The molecule has 90 heavy (non-hydrogen) atoms. The fourth-order valence-corrected chi connectivity index (χ4v) is 10.8. The topological polar surface area (TPSA) is 412 Å². The molecular weight excluding hydrogens is 1170 g/mol. The van der Waals surface area contributed by atoms with Crippen LogP contribution in [0.1, 0.15) is 115 Å². The largest absolute Gasteiger partial charge is 0.480 e. The molecular formula is C64H95N13O12S. The molecule has 3 aromatic rings. The van der Waals surface area contributed by atoms with Crippen molar-refractivity contribution in [1.29, 1.82) is 0 Å². The number of thioether (sulfide) groups is 1. The molecule has 1 fully saturated rings. The molecule has 0 spiro atoms. The van der Waals surface area contributed by atoms with Gasteiger partial charge in [0, 0.05) is 25.8 Å². The lowest BCUT2D eigenvalue weighted by Crippen LogP contribution is -2.61. The number of carboxylic acids is 1. The molecule has 1 aliphatic rings. The molecule has 1 heterocycles. The van der Waals surface area contributed by atoms with E-state index in [4.69, 9.17) is 22.9 Å². The van der Waals surface area contributed by atoms with Gasteiger partial charge in [0.05, 0.1) is 12.5 Å². The number of nitrogens with zero attached hydrogens (tertiary/aromatic N) is 1. The molecule has 0 aromatic heterocycles. The molecule has 0 unspecified atom stereocenters. The quantitative estimate of drug-likeness (QED) is 0.0347. The molecule has 17 N–H and O–H groups in total. The van der Waals surface area contributed by atoms with Crippen molar-refractivity contribution in [3.8, 4) is 0 Å². The Kier molecular flexibility index (Phi) is 32.5. The van der Waals surface area contributed by atoms with Crippen LogP contribution in [0, 0.1) is 11.8 Å². The maximum atomic E-state index is 14.8. The number of benzene rings is 3. The molecule has 0 radical (unpaired) electrons. The van der Waals surface area contributed by atoms with Crippen LogP contribution in [0.25, 0.3) is 0 Å².